The zero-order chi connectivity index (χ0) is 16.7. The topological polar surface area (TPSA) is 58.6 Å². The minimum absolute atomic E-state index is 0.0585. The molecule has 5 nitrogen and oxygen atoms in total. The Hall–Kier alpha value is -2.04. The lowest BCUT2D eigenvalue weighted by Gasteiger charge is -2.33. The molecule has 2 saturated carbocycles. The van der Waals surface area contributed by atoms with Gasteiger partial charge in [0, 0.05) is 19.0 Å². The number of para-hydroxylation sites is 2. The predicted octanol–water partition coefficient (Wildman–Crippen LogP) is 2.50. The summed E-state index contributed by atoms with van der Waals surface area (Å²) in [6.45, 7) is 2.15. The fourth-order valence-corrected chi connectivity index (χ4v) is 3.59. The van der Waals surface area contributed by atoms with Crippen LogP contribution >= 0.6 is 0 Å². The average Bonchev–Trinajstić information content (AvgIpc) is 3.47. The van der Waals surface area contributed by atoms with Gasteiger partial charge in [-0.25, -0.2) is 0 Å². The van der Waals surface area contributed by atoms with E-state index in [-0.39, 0.29) is 11.8 Å². The van der Waals surface area contributed by atoms with E-state index in [9.17, 15) is 9.59 Å². The molecule has 1 N–H and O–H groups in total. The van der Waals surface area contributed by atoms with Crippen LogP contribution in [0.15, 0.2) is 24.3 Å². The maximum absolute atomic E-state index is 12.4. The second kappa shape index (κ2) is 6.11. The zero-order valence-electron chi connectivity index (χ0n) is 14.0. The van der Waals surface area contributed by atoms with E-state index < -0.39 is 6.10 Å². The summed E-state index contributed by atoms with van der Waals surface area (Å²) in [7, 11) is 0. The molecule has 1 aromatic carbocycles. The third kappa shape index (κ3) is 3.12. The summed E-state index contributed by atoms with van der Waals surface area (Å²) in [4.78, 5) is 26.5. The van der Waals surface area contributed by atoms with Gasteiger partial charge >= 0.3 is 0 Å². The van der Waals surface area contributed by atoms with E-state index in [0.717, 1.165) is 5.69 Å². The first kappa shape index (κ1) is 15.5. The van der Waals surface area contributed by atoms with Crippen LogP contribution in [0, 0.1) is 11.8 Å². The van der Waals surface area contributed by atoms with E-state index in [4.69, 9.17) is 4.74 Å². The predicted molar refractivity (Wildman–Crippen MR) is 90.9 cm³/mol. The van der Waals surface area contributed by atoms with Crippen LogP contribution in [0.1, 0.15) is 39.0 Å². The third-order valence-electron chi connectivity index (χ3n) is 5.22. The molecule has 1 atom stereocenters. The number of rotatable bonds is 6. The number of nitrogens with one attached hydrogen (secondary N) is 1. The van der Waals surface area contributed by atoms with Crippen molar-refractivity contribution in [1.29, 1.82) is 0 Å². The quantitative estimate of drug-likeness (QED) is 0.873. The van der Waals surface area contributed by atoms with Crippen molar-refractivity contribution in [3.05, 3.63) is 24.3 Å². The van der Waals surface area contributed by atoms with Crippen LogP contribution in [0.4, 0.5) is 5.69 Å². The Bertz CT molecular complexity index is 640. The van der Waals surface area contributed by atoms with Gasteiger partial charge in [-0.3, -0.25) is 9.59 Å². The van der Waals surface area contributed by atoms with Crippen LogP contribution < -0.4 is 15.0 Å². The largest absolute Gasteiger partial charge is 0.479 e. The maximum Gasteiger partial charge on any atom is 0.267 e. The molecular weight excluding hydrogens is 304 g/mol. The lowest BCUT2D eigenvalue weighted by Crippen LogP contribution is -2.46. The molecule has 0 spiro atoms. The van der Waals surface area contributed by atoms with Gasteiger partial charge in [0.25, 0.3) is 5.91 Å². The van der Waals surface area contributed by atoms with Gasteiger partial charge < -0.3 is 15.0 Å². The summed E-state index contributed by atoms with van der Waals surface area (Å²) in [5, 5.41) is 3.22. The van der Waals surface area contributed by atoms with Gasteiger partial charge in [-0.05, 0) is 56.6 Å². The summed E-state index contributed by atoms with van der Waals surface area (Å²) in [5.41, 5.74) is 0.759. The Labute approximate surface area is 142 Å². The minimum Gasteiger partial charge on any atom is -0.479 e. The molecule has 1 heterocycles. The Morgan fingerprint density at radius 1 is 1.25 bits per heavy atom. The van der Waals surface area contributed by atoms with Crippen molar-refractivity contribution in [2.24, 2.45) is 11.8 Å². The molecule has 0 saturated heterocycles. The van der Waals surface area contributed by atoms with Gasteiger partial charge in [-0.2, -0.15) is 0 Å². The molecule has 5 heteroatoms. The summed E-state index contributed by atoms with van der Waals surface area (Å²) in [6.07, 6.45) is 4.81. The number of hydrogen-bond donors (Lipinski definition) is 1. The van der Waals surface area contributed by atoms with Crippen LogP contribution in [-0.2, 0) is 9.59 Å². The summed E-state index contributed by atoms with van der Waals surface area (Å²) in [6, 6.07) is 7.87. The Morgan fingerprint density at radius 3 is 2.58 bits per heavy atom. The zero-order valence-corrected chi connectivity index (χ0v) is 14.0. The number of anilines is 1. The monoisotopic (exact) mass is 328 g/mol. The van der Waals surface area contributed by atoms with E-state index in [2.05, 4.69) is 5.32 Å². The van der Waals surface area contributed by atoms with Crippen molar-refractivity contribution >= 4 is 17.5 Å². The van der Waals surface area contributed by atoms with E-state index in [0.29, 0.717) is 36.6 Å². The highest BCUT2D eigenvalue weighted by molar-refractivity contribution is 6.00. The van der Waals surface area contributed by atoms with Crippen molar-refractivity contribution in [3.8, 4) is 5.75 Å². The molecule has 2 aliphatic carbocycles. The second-order valence-electron chi connectivity index (χ2n) is 7.24. The van der Waals surface area contributed by atoms with Crippen LogP contribution in [-0.4, -0.2) is 30.5 Å². The van der Waals surface area contributed by atoms with Gasteiger partial charge in [0.05, 0.1) is 5.69 Å². The minimum atomic E-state index is -0.506. The average molecular weight is 328 g/mol. The highest BCUT2D eigenvalue weighted by Crippen LogP contribution is 2.44. The molecule has 1 aromatic rings. The summed E-state index contributed by atoms with van der Waals surface area (Å²) < 4.78 is 5.63. The molecule has 3 aliphatic rings. The lowest BCUT2D eigenvalue weighted by molar-refractivity contribution is -0.125. The van der Waals surface area contributed by atoms with E-state index in [1.54, 1.807) is 11.8 Å². The number of carbonyl (C=O) groups excluding carboxylic acids is 2. The first-order chi connectivity index (χ1) is 11.6. The number of benzene rings is 1. The van der Waals surface area contributed by atoms with Crippen LogP contribution in [0.25, 0.3) is 0 Å². The van der Waals surface area contributed by atoms with Crippen molar-refractivity contribution in [3.63, 3.8) is 0 Å². The number of hydrogen-bond acceptors (Lipinski definition) is 3. The van der Waals surface area contributed by atoms with E-state index in [1.165, 1.54) is 25.7 Å². The number of carbonyl (C=O) groups is 2. The van der Waals surface area contributed by atoms with Gasteiger partial charge in [0.15, 0.2) is 6.10 Å². The fraction of sp³-hybridized carbons (Fsp3) is 0.579. The van der Waals surface area contributed by atoms with E-state index in [1.807, 2.05) is 24.3 Å². The summed E-state index contributed by atoms with van der Waals surface area (Å²) in [5.74, 6) is 2.06. The van der Waals surface area contributed by atoms with Gasteiger partial charge in [0.1, 0.15) is 5.75 Å². The number of nitrogens with zero attached hydrogens (tertiary/aromatic N) is 1. The summed E-state index contributed by atoms with van der Waals surface area (Å²) >= 11 is 0. The highest BCUT2D eigenvalue weighted by atomic mass is 16.5. The highest BCUT2D eigenvalue weighted by Gasteiger charge is 2.42. The van der Waals surface area contributed by atoms with Crippen molar-refractivity contribution in [2.45, 2.75) is 51.2 Å². The van der Waals surface area contributed by atoms with Crippen LogP contribution in [0.3, 0.4) is 0 Å². The van der Waals surface area contributed by atoms with Crippen molar-refractivity contribution < 1.29 is 14.3 Å². The second-order valence-corrected chi connectivity index (χ2v) is 7.24. The molecule has 0 unspecified atom stereocenters. The number of amides is 2. The molecule has 2 amide bonds. The molecule has 0 bridgehead atoms. The van der Waals surface area contributed by atoms with Gasteiger partial charge in [-0.1, -0.05) is 12.1 Å². The third-order valence-corrected chi connectivity index (χ3v) is 5.22. The molecule has 24 heavy (non-hydrogen) atoms. The fourth-order valence-electron chi connectivity index (χ4n) is 3.59. The Kier molecular flexibility index (Phi) is 3.94. The SMILES string of the molecule is C[C@@H]1Oc2ccccc2N(CCC(=O)NC(C2CC2)C2CC2)C1=O. The van der Waals surface area contributed by atoms with E-state index >= 15 is 0 Å². The standard InChI is InChI=1S/C19H24N2O3/c1-12-19(23)21(15-4-2-3-5-16(15)24-12)11-10-17(22)20-18(13-6-7-13)14-8-9-14/h2-5,12-14,18H,6-11H2,1H3,(H,20,22)/t12-/m0/s1. The number of fused-ring (bicyclic) bond motifs is 1. The maximum atomic E-state index is 12.4. The number of ether oxygens (including phenoxy) is 1. The first-order valence-corrected chi connectivity index (χ1v) is 9.00. The molecule has 0 aromatic heterocycles. The van der Waals surface area contributed by atoms with Crippen LogP contribution in [0.5, 0.6) is 5.75 Å². The Morgan fingerprint density at radius 2 is 1.92 bits per heavy atom. The first-order valence-electron chi connectivity index (χ1n) is 9.00. The molecule has 1 aliphatic heterocycles. The molecule has 2 fully saturated rings. The van der Waals surface area contributed by atoms with Gasteiger partial charge in [-0.15, -0.1) is 0 Å². The van der Waals surface area contributed by atoms with Crippen LogP contribution in [0.2, 0.25) is 0 Å². The molecule has 128 valence electrons. The molecule has 0 radical (unpaired) electrons. The lowest BCUT2D eigenvalue weighted by atomic mass is 10.1. The smallest absolute Gasteiger partial charge is 0.267 e. The molecular formula is C19H24N2O3. The molecule has 4 rings (SSSR count). The Balaban J connectivity index is 1.39. The van der Waals surface area contributed by atoms with Crippen molar-refractivity contribution in [2.75, 3.05) is 11.4 Å². The van der Waals surface area contributed by atoms with Gasteiger partial charge in [0.2, 0.25) is 5.91 Å². The normalized spacial score (nSPS) is 23.0. The van der Waals surface area contributed by atoms with Crippen molar-refractivity contribution in [1.82, 2.24) is 5.32 Å².